The summed E-state index contributed by atoms with van der Waals surface area (Å²) in [6, 6.07) is 11.6. The van der Waals surface area contributed by atoms with Crippen molar-refractivity contribution < 1.29 is 4.79 Å². The molecule has 0 radical (unpaired) electrons. The highest BCUT2D eigenvalue weighted by atomic mass is 35.5. The molecule has 3 aliphatic heterocycles. The molecule has 29 heavy (non-hydrogen) atoms. The van der Waals surface area contributed by atoms with Crippen LogP contribution in [0.4, 0.5) is 5.13 Å². The van der Waals surface area contributed by atoms with Crippen LogP contribution in [0.5, 0.6) is 0 Å². The first kappa shape index (κ1) is 22.3. The molecule has 5 rings (SSSR count). The first-order chi connectivity index (χ1) is 13.2. The summed E-state index contributed by atoms with van der Waals surface area (Å²) in [6.45, 7) is 1.58. The van der Waals surface area contributed by atoms with Gasteiger partial charge in [0.2, 0.25) is 5.91 Å². The highest BCUT2D eigenvalue weighted by molar-refractivity contribution is 7.13. The number of piperidine rings is 1. The third kappa shape index (κ3) is 3.88. The van der Waals surface area contributed by atoms with Gasteiger partial charge in [-0.25, -0.2) is 4.98 Å². The van der Waals surface area contributed by atoms with Gasteiger partial charge in [-0.2, -0.15) is 0 Å². The Morgan fingerprint density at radius 1 is 1.17 bits per heavy atom. The number of benzene rings is 1. The zero-order chi connectivity index (χ0) is 18.4. The molecule has 0 saturated carbocycles. The Hall–Kier alpha value is -1.34. The highest BCUT2D eigenvalue weighted by Crippen LogP contribution is 2.43. The number of carbonyl (C=O) groups is 1. The number of nitrogens with zero attached hydrogens (tertiary/aromatic N) is 2. The molecule has 1 amide bonds. The average molecular weight is 455 g/mol. The molecule has 0 unspecified atom stereocenters. The molecular formula is C21H28Cl2N4OS. The number of aromatic nitrogens is 1. The van der Waals surface area contributed by atoms with Crippen LogP contribution in [0.25, 0.3) is 0 Å². The van der Waals surface area contributed by atoms with Crippen LogP contribution in [-0.4, -0.2) is 41.0 Å². The van der Waals surface area contributed by atoms with Gasteiger partial charge in [0.25, 0.3) is 0 Å². The van der Waals surface area contributed by atoms with Crippen molar-refractivity contribution in [2.24, 2.45) is 5.92 Å². The number of carbonyl (C=O) groups excluding carboxylic acids is 1. The van der Waals surface area contributed by atoms with Crippen molar-refractivity contribution in [3.05, 3.63) is 47.0 Å². The second-order valence-corrected chi connectivity index (χ2v) is 9.12. The van der Waals surface area contributed by atoms with Gasteiger partial charge in [-0.3, -0.25) is 4.79 Å². The maximum atomic E-state index is 13.1. The summed E-state index contributed by atoms with van der Waals surface area (Å²) < 4.78 is 0. The van der Waals surface area contributed by atoms with Crippen molar-refractivity contribution >= 4 is 47.2 Å². The lowest BCUT2D eigenvalue weighted by Gasteiger charge is -2.42. The van der Waals surface area contributed by atoms with E-state index in [0.29, 0.717) is 23.1 Å². The van der Waals surface area contributed by atoms with E-state index >= 15 is 0 Å². The Balaban J connectivity index is 0.00000120. The number of halogens is 2. The second kappa shape index (κ2) is 8.80. The van der Waals surface area contributed by atoms with Crippen LogP contribution in [0, 0.1) is 5.92 Å². The number of likely N-dealkylation sites (tertiary alicyclic amines) is 1. The topological polar surface area (TPSA) is 71.2 Å². The molecular weight excluding hydrogens is 427 g/mol. The van der Waals surface area contributed by atoms with Crippen LogP contribution in [0.3, 0.4) is 0 Å². The van der Waals surface area contributed by atoms with Crippen molar-refractivity contribution in [3.63, 3.8) is 0 Å². The Labute approximate surface area is 188 Å². The van der Waals surface area contributed by atoms with Gasteiger partial charge in [0, 0.05) is 36.0 Å². The lowest BCUT2D eigenvalue weighted by atomic mass is 9.70. The lowest BCUT2D eigenvalue weighted by Crippen LogP contribution is -2.49. The van der Waals surface area contributed by atoms with E-state index < -0.39 is 0 Å². The van der Waals surface area contributed by atoms with E-state index in [0.717, 1.165) is 44.5 Å². The Bertz CT molecular complexity index is 838. The minimum atomic E-state index is -0.140. The number of hydrogen-bond donors (Lipinski definition) is 2. The Morgan fingerprint density at radius 2 is 1.90 bits per heavy atom. The van der Waals surface area contributed by atoms with Gasteiger partial charge in [0.05, 0.1) is 11.6 Å². The second-order valence-electron chi connectivity index (χ2n) is 8.23. The fourth-order valence-electron chi connectivity index (χ4n) is 5.40. The van der Waals surface area contributed by atoms with E-state index in [1.165, 1.54) is 23.3 Å². The van der Waals surface area contributed by atoms with E-state index in [4.69, 9.17) is 5.73 Å². The maximum absolute atomic E-state index is 13.1. The summed E-state index contributed by atoms with van der Waals surface area (Å²) in [5.41, 5.74) is 8.15. The number of nitrogens with two attached hydrogens (primary N) is 1. The van der Waals surface area contributed by atoms with Crippen LogP contribution in [0.1, 0.15) is 43.4 Å². The smallest absolute Gasteiger partial charge is 0.227 e. The van der Waals surface area contributed by atoms with E-state index in [-0.39, 0.29) is 36.1 Å². The summed E-state index contributed by atoms with van der Waals surface area (Å²) in [7, 11) is 0. The summed E-state index contributed by atoms with van der Waals surface area (Å²) in [5.74, 6) is 0.539. The molecule has 3 atom stereocenters. The number of nitrogens with one attached hydrogen (secondary N) is 1. The largest absolute Gasteiger partial charge is 0.375 e. The molecule has 1 aromatic carbocycles. The molecule has 8 heteroatoms. The van der Waals surface area contributed by atoms with Crippen molar-refractivity contribution in [2.45, 2.75) is 49.6 Å². The van der Waals surface area contributed by atoms with E-state index in [9.17, 15) is 4.79 Å². The van der Waals surface area contributed by atoms with Gasteiger partial charge < -0.3 is 16.0 Å². The van der Waals surface area contributed by atoms with E-state index in [1.54, 1.807) is 0 Å². The van der Waals surface area contributed by atoms with E-state index in [2.05, 4.69) is 44.8 Å². The normalized spacial score (nSPS) is 27.2. The Kier molecular flexibility index (Phi) is 6.78. The number of rotatable bonds is 3. The fourth-order valence-corrected chi connectivity index (χ4v) is 6.06. The molecule has 2 bridgehead atoms. The predicted octanol–water partition coefficient (Wildman–Crippen LogP) is 3.62. The third-order valence-electron chi connectivity index (χ3n) is 6.88. The fraction of sp³-hybridized carbons (Fsp3) is 0.524. The number of amides is 1. The summed E-state index contributed by atoms with van der Waals surface area (Å²) in [5, 5.41) is 6.31. The minimum Gasteiger partial charge on any atom is -0.375 e. The number of hydrogen-bond acceptors (Lipinski definition) is 5. The third-order valence-corrected chi connectivity index (χ3v) is 7.56. The van der Waals surface area contributed by atoms with Gasteiger partial charge in [-0.05, 0) is 37.7 Å². The van der Waals surface area contributed by atoms with Crippen molar-refractivity contribution in [2.75, 3.05) is 18.8 Å². The van der Waals surface area contributed by atoms with Crippen molar-refractivity contribution in [1.29, 1.82) is 0 Å². The molecule has 4 heterocycles. The standard InChI is InChI=1S/C21H26N4OS.2ClH/c22-20-24-18(13-27-20)21(14-4-2-1-3-5-14)8-10-25(11-9-21)19(26)16-12-15-6-7-17(16)23-15;;/h1-5,13,15-17,23H,6-12H2,(H2,22,24);2*1H/t15-,16+,17+;;/m1../s1. The van der Waals surface area contributed by atoms with Crippen LogP contribution >= 0.6 is 36.2 Å². The molecule has 2 aromatic rings. The van der Waals surface area contributed by atoms with Gasteiger partial charge in [-0.1, -0.05) is 30.3 Å². The van der Waals surface area contributed by atoms with E-state index in [1.807, 2.05) is 6.07 Å². The maximum Gasteiger partial charge on any atom is 0.227 e. The average Bonchev–Trinajstić information content (AvgIpc) is 3.45. The SMILES string of the molecule is Cl.Cl.Nc1nc(C2(c3ccccc3)CCN(C(=O)[C@H]3C[C@H]4CC[C@@H]3N4)CC2)cs1. The molecule has 0 aliphatic carbocycles. The van der Waals surface area contributed by atoms with Crippen LogP contribution in [-0.2, 0) is 10.2 Å². The first-order valence-corrected chi connectivity index (χ1v) is 10.9. The summed E-state index contributed by atoms with van der Waals surface area (Å²) >= 11 is 1.50. The lowest BCUT2D eigenvalue weighted by molar-refractivity contribution is -0.137. The molecule has 3 saturated heterocycles. The quantitative estimate of drug-likeness (QED) is 0.742. The van der Waals surface area contributed by atoms with Crippen LogP contribution in [0.15, 0.2) is 35.7 Å². The number of nitrogen functional groups attached to an aromatic ring is 1. The van der Waals surface area contributed by atoms with Crippen molar-refractivity contribution in [3.8, 4) is 0 Å². The molecule has 158 valence electrons. The number of fused-ring (bicyclic) bond motifs is 2. The van der Waals surface area contributed by atoms with Gasteiger partial charge in [-0.15, -0.1) is 36.2 Å². The first-order valence-electron chi connectivity index (χ1n) is 9.97. The molecule has 5 nitrogen and oxygen atoms in total. The molecule has 0 spiro atoms. The van der Waals surface area contributed by atoms with Crippen LogP contribution in [0.2, 0.25) is 0 Å². The zero-order valence-electron chi connectivity index (χ0n) is 16.3. The van der Waals surface area contributed by atoms with Crippen LogP contribution < -0.4 is 11.1 Å². The Morgan fingerprint density at radius 3 is 2.45 bits per heavy atom. The van der Waals surface area contributed by atoms with Gasteiger partial charge in [0.15, 0.2) is 5.13 Å². The van der Waals surface area contributed by atoms with Gasteiger partial charge >= 0.3 is 0 Å². The summed E-state index contributed by atoms with van der Waals surface area (Å²) in [6.07, 6.45) is 5.21. The summed E-state index contributed by atoms with van der Waals surface area (Å²) in [4.78, 5) is 19.9. The zero-order valence-corrected chi connectivity index (χ0v) is 18.7. The molecule has 3 aliphatic rings. The monoisotopic (exact) mass is 454 g/mol. The molecule has 3 fully saturated rings. The number of thiazole rings is 1. The predicted molar refractivity (Wildman–Crippen MR) is 122 cm³/mol. The van der Waals surface area contributed by atoms with Crippen molar-refractivity contribution in [1.82, 2.24) is 15.2 Å². The number of anilines is 1. The highest BCUT2D eigenvalue weighted by Gasteiger charge is 2.46. The molecule has 1 aromatic heterocycles. The van der Waals surface area contributed by atoms with Gasteiger partial charge in [0.1, 0.15) is 0 Å². The minimum absolute atomic E-state index is 0. The molecule has 3 N–H and O–H groups in total.